The average Bonchev–Trinajstić information content (AvgIpc) is 3.31. The molecule has 0 radical (unpaired) electrons. The molecule has 0 aliphatic rings. The molecule has 3 aromatic rings. The minimum atomic E-state index is -2.25. The topological polar surface area (TPSA) is 71.8 Å². The van der Waals surface area contributed by atoms with E-state index < -0.39 is 8.32 Å². The quantitative estimate of drug-likeness (QED) is 0.139. The third kappa shape index (κ3) is 8.25. The Labute approximate surface area is 253 Å². The van der Waals surface area contributed by atoms with Crippen LogP contribution >= 0.6 is 0 Å². The van der Waals surface area contributed by atoms with Crippen molar-refractivity contribution in [1.82, 2.24) is 9.78 Å². The summed E-state index contributed by atoms with van der Waals surface area (Å²) in [4.78, 5) is 12.9. The van der Waals surface area contributed by atoms with Gasteiger partial charge < -0.3 is 18.6 Å². The molecule has 0 amide bonds. The fourth-order valence-electron chi connectivity index (χ4n) is 5.03. The minimum Gasteiger partial charge on any atom is -0.496 e. The molecule has 0 bridgehead atoms. The monoisotopic (exact) mass is 594 g/mol. The van der Waals surface area contributed by atoms with E-state index in [1.807, 2.05) is 31.5 Å². The first-order valence-electron chi connectivity index (χ1n) is 15.0. The molecule has 8 heteroatoms. The van der Waals surface area contributed by atoms with Gasteiger partial charge in [-0.1, -0.05) is 51.1 Å². The highest BCUT2D eigenvalue weighted by Gasteiger charge is 2.42. The average molecular weight is 595 g/mol. The molecule has 0 saturated carbocycles. The molecule has 1 aromatic heterocycles. The Morgan fingerprint density at radius 1 is 1.00 bits per heavy atom. The first kappa shape index (κ1) is 33.4. The van der Waals surface area contributed by atoms with Crippen LogP contribution in [0.4, 0.5) is 0 Å². The molecule has 0 aliphatic heterocycles. The van der Waals surface area contributed by atoms with Gasteiger partial charge in [0.2, 0.25) is 0 Å². The Morgan fingerprint density at radius 2 is 1.62 bits per heavy atom. The molecule has 0 aliphatic carbocycles. The Morgan fingerprint density at radius 3 is 2.17 bits per heavy atom. The predicted molar refractivity (Wildman–Crippen MR) is 171 cm³/mol. The zero-order chi connectivity index (χ0) is 31.1. The summed E-state index contributed by atoms with van der Waals surface area (Å²) < 4.78 is 26.1. The fourth-order valence-corrected chi connectivity index (χ4v) is 6.35. The zero-order valence-corrected chi connectivity index (χ0v) is 28.2. The van der Waals surface area contributed by atoms with Gasteiger partial charge in [0, 0.05) is 18.0 Å². The molecule has 2 aromatic carbocycles. The Hall–Kier alpha value is -3.10. The Bertz CT molecular complexity index is 1290. The van der Waals surface area contributed by atoms with E-state index >= 15 is 0 Å². The van der Waals surface area contributed by atoms with E-state index in [2.05, 4.69) is 70.3 Å². The molecule has 1 unspecified atom stereocenters. The molecular formula is C34H50N2O5Si. The molecule has 0 N–H and O–H groups in total. The Kier molecular flexibility index (Phi) is 11.4. The van der Waals surface area contributed by atoms with Gasteiger partial charge in [0.25, 0.3) is 0 Å². The highest BCUT2D eigenvalue weighted by Crippen LogP contribution is 2.45. The van der Waals surface area contributed by atoms with Crippen LogP contribution in [0.5, 0.6) is 11.5 Å². The van der Waals surface area contributed by atoms with Crippen molar-refractivity contribution in [1.29, 1.82) is 0 Å². The van der Waals surface area contributed by atoms with E-state index in [1.54, 1.807) is 20.3 Å². The van der Waals surface area contributed by atoms with Crippen molar-refractivity contribution in [3.63, 3.8) is 0 Å². The highest BCUT2D eigenvalue weighted by molar-refractivity contribution is 6.74. The number of benzene rings is 2. The molecule has 0 saturated heterocycles. The van der Waals surface area contributed by atoms with Gasteiger partial charge in [-0.25, -0.2) is 4.79 Å². The van der Waals surface area contributed by atoms with Gasteiger partial charge in [-0.3, -0.25) is 4.68 Å². The van der Waals surface area contributed by atoms with E-state index in [1.165, 1.54) is 5.56 Å². The smallest absolute Gasteiger partial charge is 0.356 e. The second-order valence-corrected chi connectivity index (χ2v) is 17.3. The van der Waals surface area contributed by atoms with Crippen molar-refractivity contribution >= 4 is 14.3 Å². The molecule has 0 fully saturated rings. The van der Waals surface area contributed by atoms with Crippen LogP contribution in [0.15, 0.2) is 48.5 Å². The summed E-state index contributed by atoms with van der Waals surface area (Å²) in [5, 5.41) is 4.74. The number of hydrogen-bond acceptors (Lipinski definition) is 6. The molecule has 7 nitrogen and oxygen atoms in total. The van der Waals surface area contributed by atoms with Gasteiger partial charge in [0.1, 0.15) is 17.2 Å². The summed E-state index contributed by atoms with van der Waals surface area (Å²) in [6, 6.07) is 16.5. The maximum absolute atomic E-state index is 12.9. The molecule has 230 valence electrons. The van der Waals surface area contributed by atoms with Gasteiger partial charge in [0.05, 0.1) is 32.6 Å². The van der Waals surface area contributed by atoms with E-state index in [-0.39, 0.29) is 23.0 Å². The predicted octanol–water partition coefficient (Wildman–Crippen LogP) is 8.10. The lowest BCUT2D eigenvalue weighted by Crippen LogP contribution is -2.43. The normalized spacial score (nSPS) is 13.5. The number of rotatable bonds is 14. The first-order chi connectivity index (χ1) is 19.8. The number of hydrogen-bond donors (Lipinski definition) is 0. The molecule has 2 atom stereocenters. The summed E-state index contributed by atoms with van der Waals surface area (Å²) >= 11 is 0. The van der Waals surface area contributed by atoms with Crippen molar-refractivity contribution in [2.75, 3.05) is 20.8 Å². The third-order valence-corrected chi connectivity index (χ3v) is 12.9. The summed E-state index contributed by atoms with van der Waals surface area (Å²) in [6.07, 6.45) is 2.51. The highest BCUT2D eigenvalue weighted by atomic mass is 28.4. The van der Waals surface area contributed by atoms with Crippen molar-refractivity contribution in [2.24, 2.45) is 5.92 Å². The fraction of sp³-hybridized carbons (Fsp3) is 0.529. The second kappa shape index (κ2) is 14.4. The molecule has 0 spiro atoms. The van der Waals surface area contributed by atoms with Crippen molar-refractivity contribution in [3.8, 4) is 11.5 Å². The van der Waals surface area contributed by atoms with Crippen LogP contribution in [0, 0.1) is 19.8 Å². The number of methoxy groups -OCH3 is 2. The van der Waals surface area contributed by atoms with Crippen LogP contribution in [0.2, 0.25) is 18.1 Å². The van der Waals surface area contributed by atoms with Crippen LogP contribution in [0.1, 0.15) is 79.5 Å². The minimum absolute atomic E-state index is 0.00289. The first-order valence-corrected chi connectivity index (χ1v) is 17.9. The van der Waals surface area contributed by atoms with Crippen LogP contribution in [0.3, 0.4) is 0 Å². The SMILES string of the molecule is CCOC(=O)c1cc(C)nn1C[C@@H](CCCc1ccccc1)C(O[Si](C)(C)C(C)(C)C)c1cc(OC)c(C)c(OC)c1. The molecule has 1 heterocycles. The number of aromatic nitrogens is 2. The number of nitrogens with zero attached hydrogens (tertiary/aromatic N) is 2. The van der Waals surface area contributed by atoms with Crippen LogP contribution in [0.25, 0.3) is 0 Å². The van der Waals surface area contributed by atoms with Crippen molar-refractivity contribution < 1.29 is 23.4 Å². The molecule has 3 rings (SSSR count). The van der Waals surface area contributed by atoms with Crippen molar-refractivity contribution in [2.45, 2.75) is 91.6 Å². The van der Waals surface area contributed by atoms with Crippen LogP contribution in [-0.4, -0.2) is 44.9 Å². The third-order valence-electron chi connectivity index (χ3n) is 8.44. The lowest BCUT2D eigenvalue weighted by atomic mass is 9.89. The van der Waals surface area contributed by atoms with Gasteiger partial charge in [-0.15, -0.1) is 0 Å². The van der Waals surface area contributed by atoms with E-state index in [0.29, 0.717) is 18.8 Å². The lowest BCUT2D eigenvalue weighted by Gasteiger charge is -2.42. The summed E-state index contributed by atoms with van der Waals surface area (Å²) in [5.74, 6) is 1.17. The zero-order valence-electron chi connectivity index (χ0n) is 27.2. The van der Waals surface area contributed by atoms with E-state index in [4.69, 9.17) is 23.7 Å². The maximum atomic E-state index is 12.9. The largest absolute Gasteiger partial charge is 0.496 e. The maximum Gasteiger partial charge on any atom is 0.356 e. The number of carbonyl (C=O) groups is 1. The summed E-state index contributed by atoms with van der Waals surface area (Å²) in [5.41, 5.74) is 4.50. The van der Waals surface area contributed by atoms with Gasteiger partial charge in [-0.2, -0.15) is 5.10 Å². The summed E-state index contributed by atoms with van der Waals surface area (Å²) in [6.45, 7) is 17.9. The van der Waals surface area contributed by atoms with Gasteiger partial charge in [-0.05, 0) is 87.5 Å². The summed E-state index contributed by atoms with van der Waals surface area (Å²) in [7, 11) is 1.12. The number of carbonyl (C=O) groups excluding carboxylic acids is 1. The van der Waals surface area contributed by atoms with E-state index in [9.17, 15) is 4.79 Å². The standard InChI is InChI=1S/C34H50N2O5Si/c1-11-40-33(37)29-20-24(2)35-36(29)23-27(19-15-18-26-16-13-12-14-17-26)32(41-42(9,10)34(4,5)6)28-21-30(38-7)25(3)31(22-28)39-8/h12-14,16-17,20-22,27,32H,11,15,18-19,23H2,1-10H3/t27-,32?/m1/s1. The molecular weight excluding hydrogens is 544 g/mol. The number of ether oxygens (including phenoxy) is 3. The van der Waals surface area contributed by atoms with Crippen molar-refractivity contribution in [3.05, 3.63) is 76.6 Å². The lowest BCUT2D eigenvalue weighted by molar-refractivity contribution is 0.0501. The number of esters is 1. The van der Waals surface area contributed by atoms with Gasteiger partial charge in [0.15, 0.2) is 8.32 Å². The van der Waals surface area contributed by atoms with Gasteiger partial charge >= 0.3 is 5.97 Å². The molecule has 42 heavy (non-hydrogen) atoms. The number of aryl methyl sites for hydroxylation is 2. The second-order valence-electron chi connectivity index (χ2n) is 12.6. The van der Waals surface area contributed by atoms with Crippen LogP contribution < -0.4 is 9.47 Å². The van der Waals surface area contributed by atoms with Crippen LogP contribution in [-0.2, 0) is 22.1 Å². The Balaban J connectivity index is 2.13. The van der Waals surface area contributed by atoms with E-state index in [0.717, 1.165) is 47.6 Å².